The third kappa shape index (κ3) is 6.72. The van der Waals surface area contributed by atoms with Crippen molar-refractivity contribution in [2.75, 3.05) is 24.3 Å². The zero-order valence-corrected chi connectivity index (χ0v) is 17.4. The molecule has 0 amide bonds. The number of ether oxygens (including phenoxy) is 1. The Kier molecular flexibility index (Phi) is 8.93. The van der Waals surface area contributed by atoms with E-state index in [4.69, 9.17) is 4.74 Å². The Morgan fingerprint density at radius 2 is 2.07 bits per heavy atom. The van der Waals surface area contributed by atoms with Crippen LogP contribution in [0.3, 0.4) is 0 Å². The highest BCUT2D eigenvalue weighted by molar-refractivity contribution is 8.00. The van der Waals surface area contributed by atoms with E-state index in [1.165, 1.54) is 12.1 Å². The summed E-state index contributed by atoms with van der Waals surface area (Å²) in [5.41, 5.74) is 0.136. The maximum absolute atomic E-state index is 13.8. The van der Waals surface area contributed by atoms with Crippen molar-refractivity contribution in [1.29, 1.82) is 0 Å². The number of carbonyl (C=O) groups is 1. The number of aliphatic hydroxyl groups excluding tert-OH is 1. The van der Waals surface area contributed by atoms with Crippen molar-refractivity contribution in [1.82, 2.24) is 9.97 Å². The van der Waals surface area contributed by atoms with Crippen molar-refractivity contribution in [3.63, 3.8) is 0 Å². The molecular formula is C18H21F2N3O4S2. The third-order valence-corrected chi connectivity index (χ3v) is 5.45. The van der Waals surface area contributed by atoms with Crippen LogP contribution in [0, 0.1) is 11.6 Å². The third-order valence-electron chi connectivity index (χ3n) is 3.51. The lowest BCUT2D eigenvalue weighted by molar-refractivity contribution is -0.139. The first kappa shape index (κ1) is 23.2. The number of hydrogen-bond donors (Lipinski definition) is 3. The van der Waals surface area contributed by atoms with Crippen LogP contribution < -0.4 is 5.32 Å². The van der Waals surface area contributed by atoms with Crippen molar-refractivity contribution < 1.29 is 28.5 Å². The highest BCUT2D eigenvalue weighted by Crippen LogP contribution is 2.36. The molecule has 0 saturated heterocycles. The topological polar surface area (TPSA) is 105 Å². The molecule has 7 nitrogen and oxygen atoms in total. The first-order valence-electron chi connectivity index (χ1n) is 8.68. The average Bonchev–Trinajstić information content (AvgIpc) is 2.68. The summed E-state index contributed by atoms with van der Waals surface area (Å²) in [5, 5.41) is 22.7. The second-order valence-electron chi connectivity index (χ2n) is 5.83. The summed E-state index contributed by atoms with van der Waals surface area (Å²) in [7, 11) is 0. The predicted octanol–water partition coefficient (Wildman–Crippen LogP) is 3.20. The van der Waals surface area contributed by atoms with E-state index < -0.39 is 17.6 Å². The van der Waals surface area contributed by atoms with Crippen LogP contribution in [0.15, 0.2) is 28.3 Å². The number of nitrogens with zero attached hydrogens (tertiary/aromatic N) is 2. The van der Waals surface area contributed by atoms with Gasteiger partial charge in [0, 0.05) is 17.4 Å². The number of aliphatic hydroxyl groups is 1. The molecule has 0 aliphatic rings. The number of nitrogens with one attached hydrogen (secondary N) is 1. The summed E-state index contributed by atoms with van der Waals surface area (Å²) in [5.74, 6) is -2.52. The first-order chi connectivity index (χ1) is 13.8. The summed E-state index contributed by atoms with van der Waals surface area (Å²) < 4.78 is 32.0. The Morgan fingerprint density at radius 1 is 1.31 bits per heavy atom. The van der Waals surface area contributed by atoms with Gasteiger partial charge in [-0.05, 0) is 19.9 Å². The number of aromatic hydroxyl groups is 1. The van der Waals surface area contributed by atoms with Crippen LogP contribution in [0.5, 0.6) is 5.88 Å². The van der Waals surface area contributed by atoms with Crippen LogP contribution >= 0.6 is 23.5 Å². The van der Waals surface area contributed by atoms with Gasteiger partial charge in [0.25, 0.3) is 0 Å². The number of rotatable bonds is 10. The molecule has 0 aliphatic carbocycles. The summed E-state index contributed by atoms with van der Waals surface area (Å²) in [4.78, 5) is 20.1. The summed E-state index contributed by atoms with van der Waals surface area (Å²) in [6.45, 7) is 3.44. The van der Waals surface area contributed by atoms with Crippen LogP contribution in [0.2, 0.25) is 0 Å². The number of aromatic nitrogens is 2. The molecule has 2 aromatic rings. The number of hydrogen-bond acceptors (Lipinski definition) is 9. The summed E-state index contributed by atoms with van der Waals surface area (Å²) in [6, 6.07) is 3.49. The fraction of sp³-hybridized carbons (Fsp3) is 0.389. The van der Waals surface area contributed by atoms with Gasteiger partial charge in [0.2, 0.25) is 5.88 Å². The van der Waals surface area contributed by atoms with Gasteiger partial charge in [0.05, 0.1) is 19.0 Å². The monoisotopic (exact) mass is 445 g/mol. The Labute approximate surface area is 175 Å². The molecule has 29 heavy (non-hydrogen) atoms. The molecule has 0 radical (unpaired) electrons. The summed E-state index contributed by atoms with van der Waals surface area (Å²) in [6.07, 6.45) is 0. The lowest BCUT2D eigenvalue weighted by Gasteiger charge is -2.16. The van der Waals surface area contributed by atoms with Gasteiger partial charge in [0.1, 0.15) is 10.7 Å². The van der Waals surface area contributed by atoms with Crippen molar-refractivity contribution in [3.05, 3.63) is 35.4 Å². The molecular weight excluding hydrogens is 424 g/mol. The fourth-order valence-electron chi connectivity index (χ4n) is 2.13. The smallest absolute Gasteiger partial charge is 0.316 e. The van der Waals surface area contributed by atoms with E-state index in [2.05, 4.69) is 15.3 Å². The normalized spacial score (nSPS) is 11.9. The van der Waals surface area contributed by atoms with Gasteiger partial charge in [-0.2, -0.15) is 4.98 Å². The molecule has 0 saturated carbocycles. The van der Waals surface area contributed by atoms with E-state index in [-0.39, 0.29) is 58.1 Å². The van der Waals surface area contributed by atoms with Gasteiger partial charge in [-0.25, -0.2) is 13.8 Å². The quantitative estimate of drug-likeness (QED) is 0.289. The molecule has 158 valence electrons. The van der Waals surface area contributed by atoms with Crippen molar-refractivity contribution in [2.24, 2.45) is 0 Å². The van der Waals surface area contributed by atoms with Gasteiger partial charge in [-0.1, -0.05) is 23.9 Å². The molecule has 2 rings (SSSR count). The maximum atomic E-state index is 13.8. The molecule has 1 heterocycles. The zero-order valence-electron chi connectivity index (χ0n) is 15.8. The second kappa shape index (κ2) is 11.2. The Hall–Kier alpha value is -2.11. The van der Waals surface area contributed by atoms with Crippen LogP contribution in [-0.4, -0.2) is 51.2 Å². The molecule has 1 atom stereocenters. The SMILES string of the molecule is CCOC(=O)CSc1c(O)nc(SCc2cccc(F)c2F)nc1N[C@H](C)CO. The van der Waals surface area contributed by atoms with Gasteiger partial charge in [0.15, 0.2) is 16.8 Å². The Morgan fingerprint density at radius 3 is 2.76 bits per heavy atom. The minimum absolute atomic E-state index is 0.0490. The molecule has 0 fully saturated rings. The Bertz CT molecular complexity index is 858. The van der Waals surface area contributed by atoms with E-state index in [1.807, 2.05) is 0 Å². The van der Waals surface area contributed by atoms with Crippen LogP contribution in [0.1, 0.15) is 19.4 Å². The largest absolute Gasteiger partial charge is 0.492 e. The minimum atomic E-state index is -0.947. The highest BCUT2D eigenvalue weighted by Gasteiger charge is 2.19. The summed E-state index contributed by atoms with van der Waals surface area (Å²) >= 11 is 2.00. The number of carbonyl (C=O) groups excluding carboxylic acids is 1. The average molecular weight is 446 g/mol. The molecule has 11 heteroatoms. The maximum Gasteiger partial charge on any atom is 0.316 e. The molecule has 3 N–H and O–H groups in total. The molecule has 1 aromatic heterocycles. The van der Waals surface area contributed by atoms with Crippen LogP contribution in [-0.2, 0) is 15.3 Å². The number of thioether (sulfide) groups is 2. The van der Waals surface area contributed by atoms with Crippen molar-refractivity contribution >= 4 is 35.3 Å². The number of esters is 1. The standard InChI is InChI=1S/C18H21F2N3O4S2/c1-3-27-13(25)9-28-15-16(21-10(2)7-24)22-18(23-17(15)26)29-8-11-5-4-6-12(19)14(11)20/h4-6,10,24H,3,7-9H2,1-2H3,(H2,21,22,23,26)/t10-/m1/s1. The molecule has 0 aliphatic heterocycles. The molecule has 0 bridgehead atoms. The molecule has 0 spiro atoms. The van der Waals surface area contributed by atoms with Gasteiger partial charge < -0.3 is 20.3 Å². The van der Waals surface area contributed by atoms with Gasteiger partial charge in [-0.15, -0.1) is 11.8 Å². The van der Waals surface area contributed by atoms with E-state index in [1.54, 1.807) is 13.8 Å². The van der Waals surface area contributed by atoms with E-state index in [9.17, 15) is 23.8 Å². The second-order valence-corrected chi connectivity index (χ2v) is 7.76. The van der Waals surface area contributed by atoms with Crippen molar-refractivity contribution in [3.8, 4) is 5.88 Å². The first-order valence-corrected chi connectivity index (χ1v) is 10.6. The van der Waals surface area contributed by atoms with E-state index in [0.717, 1.165) is 29.6 Å². The Balaban J connectivity index is 2.22. The number of halogens is 2. The predicted molar refractivity (Wildman–Crippen MR) is 107 cm³/mol. The van der Waals surface area contributed by atoms with Crippen LogP contribution in [0.25, 0.3) is 0 Å². The van der Waals surface area contributed by atoms with E-state index in [0.29, 0.717) is 0 Å². The van der Waals surface area contributed by atoms with Gasteiger partial charge >= 0.3 is 5.97 Å². The van der Waals surface area contributed by atoms with Crippen LogP contribution in [0.4, 0.5) is 14.6 Å². The number of benzene rings is 1. The molecule has 1 aromatic carbocycles. The number of anilines is 1. The van der Waals surface area contributed by atoms with Crippen molar-refractivity contribution in [2.45, 2.75) is 35.7 Å². The fourth-order valence-corrected chi connectivity index (χ4v) is 3.70. The zero-order chi connectivity index (χ0) is 21.4. The van der Waals surface area contributed by atoms with E-state index >= 15 is 0 Å². The molecule has 0 unspecified atom stereocenters. The lowest BCUT2D eigenvalue weighted by Crippen LogP contribution is -2.21. The minimum Gasteiger partial charge on any atom is -0.492 e. The van der Waals surface area contributed by atoms with Gasteiger partial charge in [-0.3, -0.25) is 4.79 Å². The highest BCUT2D eigenvalue weighted by atomic mass is 32.2. The lowest BCUT2D eigenvalue weighted by atomic mass is 10.2.